The minimum atomic E-state index is -0.393. The van der Waals surface area contributed by atoms with E-state index in [1.807, 2.05) is 6.92 Å². The number of carbonyl (C=O) groups is 2. The number of benzene rings is 2. The van der Waals surface area contributed by atoms with E-state index < -0.39 is 5.91 Å². The van der Waals surface area contributed by atoms with E-state index in [1.165, 1.54) is 13.1 Å². The van der Waals surface area contributed by atoms with Crippen molar-refractivity contribution in [2.75, 3.05) is 19.0 Å². The van der Waals surface area contributed by atoms with Crippen LogP contribution >= 0.6 is 15.9 Å². The first kappa shape index (κ1) is 20.4. The van der Waals surface area contributed by atoms with Crippen molar-refractivity contribution in [3.05, 3.63) is 52.0 Å². The third kappa shape index (κ3) is 5.82. The van der Waals surface area contributed by atoms with Crippen LogP contribution in [0.15, 0.2) is 46.0 Å². The molecule has 0 unspecified atom stereocenters. The number of amides is 2. The number of nitrogens with one attached hydrogen (secondary N) is 2. The Morgan fingerprint density at radius 2 is 2.04 bits per heavy atom. The number of rotatable bonds is 7. The van der Waals surface area contributed by atoms with Crippen molar-refractivity contribution in [1.82, 2.24) is 5.43 Å². The van der Waals surface area contributed by atoms with Crippen molar-refractivity contribution < 1.29 is 19.1 Å². The lowest BCUT2D eigenvalue weighted by molar-refractivity contribution is -0.114. The number of hydrazone groups is 1. The van der Waals surface area contributed by atoms with Gasteiger partial charge in [0.25, 0.3) is 5.91 Å². The van der Waals surface area contributed by atoms with E-state index >= 15 is 0 Å². The summed E-state index contributed by atoms with van der Waals surface area (Å²) in [7, 11) is 1.56. The maximum Gasteiger partial charge on any atom is 0.271 e. The molecule has 142 valence electrons. The van der Waals surface area contributed by atoms with Gasteiger partial charge in [-0.2, -0.15) is 5.10 Å². The minimum Gasteiger partial charge on any atom is -0.492 e. The molecule has 0 radical (unpaired) electrons. The first-order chi connectivity index (χ1) is 12.9. The minimum absolute atomic E-state index is 0.208. The van der Waals surface area contributed by atoms with Gasteiger partial charge in [0.1, 0.15) is 0 Å². The van der Waals surface area contributed by atoms with E-state index in [9.17, 15) is 9.59 Å². The SMILES string of the molecule is CCOc1cc(C=NNC(=O)c2cccc(NC(C)=O)c2)cc(Br)c1OC. The molecule has 0 bridgehead atoms. The molecule has 2 N–H and O–H groups in total. The first-order valence-corrected chi connectivity index (χ1v) is 8.95. The topological polar surface area (TPSA) is 89.0 Å². The van der Waals surface area contributed by atoms with Gasteiger partial charge in [-0.1, -0.05) is 6.07 Å². The van der Waals surface area contributed by atoms with Crippen LogP contribution in [0.5, 0.6) is 11.5 Å². The number of anilines is 1. The summed E-state index contributed by atoms with van der Waals surface area (Å²) < 4.78 is 11.6. The number of halogens is 1. The smallest absolute Gasteiger partial charge is 0.271 e. The molecule has 0 saturated carbocycles. The molecular weight excluding hydrogens is 414 g/mol. The zero-order valence-corrected chi connectivity index (χ0v) is 16.8. The molecule has 2 rings (SSSR count). The molecule has 2 amide bonds. The highest BCUT2D eigenvalue weighted by molar-refractivity contribution is 9.10. The molecule has 7 nitrogen and oxygen atoms in total. The summed E-state index contributed by atoms with van der Waals surface area (Å²) in [5, 5.41) is 6.61. The summed E-state index contributed by atoms with van der Waals surface area (Å²) in [4.78, 5) is 23.3. The van der Waals surface area contributed by atoms with Crippen LogP contribution in [-0.2, 0) is 4.79 Å². The second-order valence-electron chi connectivity index (χ2n) is 5.43. The largest absolute Gasteiger partial charge is 0.492 e. The van der Waals surface area contributed by atoms with Crippen LogP contribution in [0, 0.1) is 0 Å². The second kappa shape index (κ2) is 9.72. The van der Waals surface area contributed by atoms with E-state index in [0.29, 0.717) is 33.8 Å². The molecular formula is C19H20BrN3O4. The normalized spacial score (nSPS) is 10.5. The molecule has 0 aliphatic carbocycles. The van der Waals surface area contributed by atoms with Crippen molar-refractivity contribution >= 4 is 39.6 Å². The Morgan fingerprint density at radius 1 is 1.26 bits per heavy atom. The van der Waals surface area contributed by atoms with Gasteiger partial charge in [0.15, 0.2) is 11.5 Å². The number of hydrogen-bond acceptors (Lipinski definition) is 5. The summed E-state index contributed by atoms with van der Waals surface area (Å²) in [6.07, 6.45) is 1.50. The molecule has 8 heteroatoms. The molecule has 0 spiro atoms. The van der Waals surface area contributed by atoms with Gasteiger partial charge >= 0.3 is 0 Å². The van der Waals surface area contributed by atoms with Crippen LogP contribution in [-0.4, -0.2) is 31.7 Å². The van der Waals surface area contributed by atoms with E-state index in [-0.39, 0.29) is 5.91 Å². The number of methoxy groups -OCH3 is 1. The average molecular weight is 434 g/mol. The van der Waals surface area contributed by atoms with E-state index in [4.69, 9.17) is 9.47 Å². The van der Waals surface area contributed by atoms with E-state index in [1.54, 1.807) is 43.5 Å². The Balaban J connectivity index is 2.11. The average Bonchev–Trinajstić information content (AvgIpc) is 2.61. The van der Waals surface area contributed by atoms with Crippen molar-refractivity contribution in [2.24, 2.45) is 5.10 Å². The summed E-state index contributed by atoms with van der Waals surface area (Å²) in [6, 6.07) is 10.1. The lowest BCUT2D eigenvalue weighted by Gasteiger charge is -2.11. The highest BCUT2D eigenvalue weighted by Gasteiger charge is 2.10. The summed E-state index contributed by atoms with van der Waals surface area (Å²) in [5.41, 5.74) is 4.10. The van der Waals surface area contributed by atoms with Gasteiger partial charge in [0.05, 0.1) is 24.4 Å². The molecule has 0 heterocycles. The maximum absolute atomic E-state index is 12.2. The zero-order valence-electron chi connectivity index (χ0n) is 15.2. The molecule has 0 atom stereocenters. The predicted molar refractivity (Wildman–Crippen MR) is 108 cm³/mol. The number of carbonyl (C=O) groups excluding carboxylic acids is 2. The van der Waals surface area contributed by atoms with Crippen LogP contribution in [0.25, 0.3) is 0 Å². The Hall–Kier alpha value is -2.87. The Labute approximate surface area is 165 Å². The van der Waals surface area contributed by atoms with Gasteiger partial charge in [0.2, 0.25) is 5.91 Å². The van der Waals surface area contributed by atoms with Crippen molar-refractivity contribution in [1.29, 1.82) is 0 Å². The van der Waals surface area contributed by atoms with Gasteiger partial charge in [-0.3, -0.25) is 9.59 Å². The highest BCUT2D eigenvalue weighted by atomic mass is 79.9. The summed E-state index contributed by atoms with van der Waals surface area (Å²) in [6.45, 7) is 3.77. The Bertz CT molecular complexity index is 868. The van der Waals surface area contributed by atoms with Crippen LogP contribution in [0.3, 0.4) is 0 Å². The number of hydrogen-bond donors (Lipinski definition) is 2. The van der Waals surface area contributed by atoms with E-state index in [0.717, 1.165) is 5.56 Å². The quantitative estimate of drug-likeness (QED) is 0.515. The number of ether oxygens (including phenoxy) is 2. The molecule has 0 aliphatic heterocycles. The van der Waals surface area contributed by atoms with Gasteiger partial charge < -0.3 is 14.8 Å². The summed E-state index contributed by atoms with van der Waals surface area (Å²) in [5.74, 6) is 0.565. The zero-order chi connectivity index (χ0) is 19.8. The van der Waals surface area contributed by atoms with Crippen molar-refractivity contribution in [3.63, 3.8) is 0 Å². The fourth-order valence-corrected chi connectivity index (χ4v) is 2.92. The Kier molecular flexibility index (Phi) is 7.36. The van der Waals surface area contributed by atoms with E-state index in [2.05, 4.69) is 31.8 Å². The second-order valence-corrected chi connectivity index (χ2v) is 6.28. The number of nitrogens with zero attached hydrogens (tertiary/aromatic N) is 1. The lowest BCUT2D eigenvalue weighted by Crippen LogP contribution is -2.18. The summed E-state index contributed by atoms with van der Waals surface area (Å²) >= 11 is 3.42. The Morgan fingerprint density at radius 3 is 2.70 bits per heavy atom. The lowest BCUT2D eigenvalue weighted by atomic mass is 10.2. The molecule has 2 aromatic carbocycles. The van der Waals surface area contributed by atoms with Crippen LogP contribution in [0.4, 0.5) is 5.69 Å². The fraction of sp³-hybridized carbons (Fsp3) is 0.211. The third-order valence-electron chi connectivity index (χ3n) is 3.36. The van der Waals surface area contributed by atoms with Gasteiger partial charge in [-0.15, -0.1) is 0 Å². The van der Waals surface area contributed by atoms with Gasteiger partial charge in [-0.05, 0) is 58.7 Å². The van der Waals surface area contributed by atoms with Crippen LogP contribution < -0.4 is 20.2 Å². The highest BCUT2D eigenvalue weighted by Crippen LogP contribution is 2.36. The molecule has 0 saturated heterocycles. The van der Waals surface area contributed by atoms with Crippen molar-refractivity contribution in [3.8, 4) is 11.5 Å². The standard InChI is InChI=1S/C19H20BrN3O4/c1-4-27-17-9-13(8-16(20)18(17)26-3)11-21-23-19(25)14-6-5-7-15(10-14)22-12(2)24/h5-11H,4H2,1-3H3,(H,22,24)(H,23,25). The maximum atomic E-state index is 12.2. The molecule has 27 heavy (non-hydrogen) atoms. The molecule has 0 aromatic heterocycles. The first-order valence-electron chi connectivity index (χ1n) is 8.16. The monoisotopic (exact) mass is 433 g/mol. The fourth-order valence-electron chi connectivity index (χ4n) is 2.29. The molecule has 0 fully saturated rings. The van der Waals surface area contributed by atoms with Crippen LogP contribution in [0.2, 0.25) is 0 Å². The van der Waals surface area contributed by atoms with Crippen LogP contribution in [0.1, 0.15) is 29.8 Å². The third-order valence-corrected chi connectivity index (χ3v) is 3.95. The van der Waals surface area contributed by atoms with Gasteiger partial charge in [0, 0.05) is 18.2 Å². The predicted octanol–water partition coefficient (Wildman–Crippen LogP) is 3.58. The molecule has 2 aromatic rings. The molecule has 0 aliphatic rings. The van der Waals surface area contributed by atoms with Crippen molar-refractivity contribution in [2.45, 2.75) is 13.8 Å². The van der Waals surface area contributed by atoms with Gasteiger partial charge in [-0.25, -0.2) is 5.43 Å².